The molecule has 0 unspecified atom stereocenters. The molecule has 1 aromatic heterocycles. The van der Waals surface area contributed by atoms with Crippen molar-refractivity contribution in [1.29, 1.82) is 0 Å². The van der Waals surface area contributed by atoms with Crippen LogP contribution in [0.25, 0.3) is 10.8 Å². The Morgan fingerprint density at radius 2 is 1.85 bits per heavy atom. The number of amides is 1. The standard InChI is InChI=1S/C17H14N2O/c1-12-11-14(9-10-18-12)17(20)19-16-8-4-6-13-5-2-3-7-15(13)16/h2-11H,1H3,(H,19,20). The zero-order valence-electron chi connectivity index (χ0n) is 11.1. The highest BCUT2D eigenvalue weighted by Crippen LogP contribution is 2.23. The molecule has 0 aliphatic heterocycles. The lowest BCUT2D eigenvalue weighted by Crippen LogP contribution is -2.12. The van der Waals surface area contributed by atoms with E-state index in [4.69, 9.17) is 0 Å². The lowest BCUT2D eigenvalue weighted by atomic mass is 10.1. The van der Waals surface area contributed by atoms with E-state index in [-0.39, 0.29) is 5.91 Å². The van der Waals surface area contributed by atoms with Gasteiger partial charge in [0.25, 0.3) is 5.91 Å². The van der Waals surface area contributed by atoms with E-state index in [0.717, 1.165) is 22.2 Å². The fourth-order valence-electron chi connectivity index (χ4n) is 2.22. The van der Waals surface area contributed by atoms with Crippen LogP contribution in [0.5, 0.6) is 0 Å². The van der Waals surface area contributed by atoms with Crippen LogP contribution in [-0.2, 0) is 0 Å². The number of benzene rings is 2. The SMILES string of the molecule is Cc1cc(C(=O)Nc2cccc3ccccc23)ccn1. The number of carbonyl (C=O) groups excluding carboxylic acids is 1. The number of rotatable bonds is 2. The summed E-state index contributed by atoms with van der Waals surface area (Å²) in [6.07, 6.45) is 1.65. The van der Waals surface area contributed by atoms with Gasteiger partial charge < -0.3 is 5.32 Å². The zero-order chi connectivity index (χ0) is 13.9. The van der Waals surface area contributed by atoms with Crippen LogP contribution in [0.4, 0.5) is 5.69 Å². The van der Waals surface area contributed by atoms with E-state index in [9.17, 15) is 4.79 Å². The van der Waals surface area contributed by atoms with E-state index < -0.39 is 0 Å². The average Bonchev–Trinajstić information content (AvgIpc) is 2.47. The lowest BCUT2D eigenvalue weighted by molar-refractivity contribution is 0.102. The predicted octanol–water partition coefficient (Wildman–Crippen LogP) is 3.80. The summed E-state index contributed by atoms with van der Waals surface area (Å²) in [6, 6.07) is 17.4. The molecule has 20 heavy (non-hydrogen) atoms. The zero-order valence-corrected chi connectivity index (χ0v) is 11.1. The summed E-state index contributed by atoms with van der Waals surface area (Å²) < 4.78 is 0. The van der Waals surface area contributed by atoms with Crippen LogP contribution in [0.15, 0.2) is 60.8 Å². The van der Waals surface area contributed by atoms with Gasteiger partial charge in [0.05, 0.1) is 0 Å². The molecule has 3 nitrogen and oxygen atoms in total. The minimum Gasteiger partial charge on any atom is -0.321 e. The highest BCUT2D eigenvalue weighted by molar-refractivity contribution is 6.09. The molecule has 0 spiro atoms. The summed E-state index contributed by atoms with van der Waals surface area (Å²) in [4.78, 5) is 16.4. The smallest absolute Gasteiger partial charge is 0.255 e. The number of carbonyl (C=O) groups is 1. The first-order chi connectivity index (χ1) is 9.74. The summed E-state index contributed by atoms with van der Waals surface area (Å²) in [5.74, 6) is -0.119. The van der Waals surface area contributed by atoms with Crippen LogP contribution in [0.3, 0.4) is 0 Å². The van der Waals surface area contributed by atoms with Crippen molar-refractivity contribution in [3.8, 4) is 0 Å². The van der Waals surface area contributed by atoms with E-state index >= 15 is 0 Å². The lowest BCUT2D eigenvalue weighted by Gasteiger charge is -2.09. The number of anilines is 1. The van der Waals surface area contributed by atoms with Crippen LogP contribution in [-0.4, -0.2) is 10.9 Å². The van der Waals surface area contributed by atoms with Gasteiger partial charge in [0, 0.05) is 28.5 Å². The molecule has 0 aliphatic carbocycles. The first kappa shape index (κ1) is 12.4. The molecular formula is C17H14N2O. The number of hydrogen-bond donors (Lipinski definition) is 1. The Morgan fingerprint density at radius 1 is 1.05 bits per heavy atom. The van der Waals surface area contributed by atoms with Crippen LogP contribution in [0.1, 0.15) is 16.1 Å². The first-order valence-corrected chi connectivity index (χ1v) is 6.46. The van der Waals surface area contributed by atoms with E-state index in [1.807, 2.05) is 49.4 Å². The third kappa shape index (κ3) is 2.38. The minimum absolute atomic E-state index is 0.119. The molecule has 3 rings (SSSR count). The average molecular weight is 262 g/mol. The first-order valence-electron chi connectivity index (χ1n) is 6.46. The van der Waals surface area contributed by atoms with Gasteiger partial charge in [-0.1, -0.05) is 36.4 Å². The molecule has 0 aliphatic rings. The third-order valence-corrected chi connectivity index (χ3v) is 3.20. The summed E-state index contributed by atoms with van der Waals surface area (Å²) in [6.45, 7) is 1.87. The van der Waals surface area contributed by atoms with Crippen molar-refractivity contribution in [3.63, 3.8) is 0 Å². The summed E-state index contributed by atoms with van der Waals surface area (Å²) in [7, 11) is 0. The molecule has 0 atom stereocenters. The monoisotopic (exact) mass is 262 g/mol. The molecule has 3 heteroatoms. The van der Waals surface area contributed by atoms with Crippen molar-refractivity contribution in [2.45, 2.75) is 6.92 Å². The number of nitrogens with zero attached hydrogens (tertiary/aromatic N) is 1. The van der Waals surface area contributed by atoms with Crippen molar-refractivity contribution < 1.29 is 4.79 Å². The number of fused-ring (bicyclic) bond motifs is 1. The normalized spacial score (nSPS) is 10.4. The van der Waals surface area contributed by atoms with Gasteiger partial charge in [0.1, 0.15) is 0 Å². The van der Waals surface area contributed by atoms with E-state index in [0.29, 0.717) is 5.56 Å². The number of aromatic nitrogens is 1. The van der Waals surface area contributed by atoms with Gasteiger partial charge in [-0.3, -0.25) is 9.78 Å². The van der Waals surface area contributed by atoms with Crippen molar-refractivity contribution >= 4 is 22.4 Å². The Balaban J connectivity index is 1.95. The van der Waals surface area contributed by atoms with Crippen molar-refractivity contribution in [2.75, 3.05) is 5.32 Å². The molecular weight excluding hydrogens is 248 g/mol. The Kier molecular flexibility index (Phi) is 3.17. The van der Waals surface area contributed by atoms with Crippen LogP contribution >= 0.6 is 0 Å². The van der Waals surface area contributed by atoms with Gasteiger partial charge in [-0.15, -0.1) is 0 Å². The van der Waals surface area contributed by atoms with Crippen LogP contribution < -0.4 is 5.32 Å². The molecule has 0 bridgehead atoms. The van der Waals surface area contributed by atoms with Gasteiger partial charge in [-0.25, -0.2) is 0 Å². The van der Waals surface area contributed by atoms with Crippen molar-refractivity contribution in [1.82, 2.24) is 4.98 Å². The van der Waals surface area contributed by atoms with E-state index in [1.165, 1.54) is 0 Å². The molecule has 1 N–H and O–H groups in total. The molecule has 1 heterocycles. The molecule has 0 fully saturated rings. The number of aryl methyl sites for hydroxylation is 1. The molecule has 2 aromatic carbocycles. The van der Waals surface area contributed by atoms with Crippen molar-refractivity contribution in [3.05, 3.63) is 72.1 Å². The van der Waals surface area contributed by atoms with Crippen LogP contribution in [0.2, 0.25) is 0 Å². The highest BCUT2D eigenvalue weighted by atomic mass is 16.1. The fourth-order valence-corrected chi connectivity index (χ4v) is 2.22. The fraction of sp³-hybridized carbons (Fsp3) is 0.0588. The maximum Gasteiger partial charge on any atom is 0.255 e. The number of hydrogen-bond acceptors (Lipinski definition) is 2. The second kappa shape index (κ2) is 5.13. The third-order valence-electron chi connectivity index (χ3n) is 3.20. The van der Waals surface area contributed by atoms with E-state index in [1.54, 1.807) is 18.3 Å². The summed E-state index contributed by atoms with van der Waals surface area (Å²) in [5.41, 5.74) is 2.27. The van der Waals surface area contributed by atoms with Crippen LogP contribution in [0, 0.1) is 6.92 Å². The second-order valence-corrected chi connectivity index (χ2v) is 4.67. The van der Waals surface area contributed by atoms with Gasteiger partial charge >= 0.3 is 0 Å². The van der Waals surface area contributed by atoms with Crippen molar-refractivity contribution in [2.24, 2.45) is 0 Å². The topological polar surface area (TPSA) is 42.0 Å². The highest BCUT2D eigenvalue weighted by Gasteiger charge is 2.08. The van der Waals surface area contributed by atoms with Gasteiger partial charge in [0.15, 0.2) is 0 Å². The Morgan fingerprint density at radius 3 is 2.70 bits per heavy atom. The maximum absolute atomic E-state index is 12.3. The molecule has 0 radical (unpaired) electrons. The van der Waals surface area contributed by atoms with E-state index in [2.05, 4.69) is 10.3 Å². The molecule has 1 amide bonds. The quantitative estimate of drug-likeness (QED) is 0.763. The number of pyridine rings is 1. The Hall–Kier alpha value is -2.68. The second-order valence-electron chi connectivity index (χ2n) is 4.67. The van der Waals surface area contributed by atoms with Gasteiger partial charge in [0.2, 0.25) is 0 Å². The molecule has 3 aromatic rings. The predicted molar refractivity (Wildman–Crippen MR) is 80.9 cm³/mol. The Labute approximate surface area is 117 Å². The molecule has 98 valence electrons. The summed E-state index contributed by atoms with van der Waals surface area (Å²) >= 11 is 0. The largest absolute Gasteiger partial charge is 0.321 e. The Bertz CT molecular complexity index is 775. The number of nitrogens with one attached hydrogen (secondary N) is 1. The minimum atomic E-state index is -0.119. The molecule has 0 saturated heterocycles. The molecule has 0 saturated carbocycles. The maximum atomic E-state index is 12.3. The van der Waals surface area contributed by atoms with Gasteiger partial charge in [-0.05, 0) is 30.5 Å². The van der Waals surface area contributed by atoms with Gasteiger partial charge in [-0.2, -0.15) is 0 Å². The summed E-state index contributed by atoms with van der Waals surface area (Å²) in [5, 5.41) is 5.11.